The van der Waals surface area contributed by atoms with Gasteiger partial charge < -0.3 is 5.32 Å². The van der Waals surface area contributed by atoms with E-state index in [1.807, 2.05) is 19.1 Å². The highest BCUT2D eigenvalue weighted by atomic mass is 16.6. The Kier molecular flexibility index (Phi) is 2.68. The van der Waals surface area contributed by atoms with Crippen LogP contribution in [0.3, 0.4) is 0 Å². The molecule has 0 unspecified atom stereocenters. The summed E-state index contributed by atoms with van der Waals surface area (Å²) in [6.45, 7) is 1.97. The molecule has 1 saturated carbocycles. The fraction of sp³-hybridized carbons (Fsp3) is 0.455. The number of nitro groups is 1. The molecule has 15 heavy (non-hydrogen) atoms. The Labute approximate surface area is 88.5 Å². The van der Waals surface area contributed by atoms with Crippen molar-refractivity contribution in [2.24, 2.45) is 0 Å². The van der Waals surface area contributed by atoms with E-state index in [1.54, 1.807) is 12.1 Å². The van der Waals surface area contributed by atoms with Gasteiger partial charge in [-0.25, -0.2) is 0 Å². The maximum Gasteiger partial charge on any atom is 0.274 e. The number of hydrogen-bond acceptors (Lipinski definition) is 3. The van der Waals surface area contributed by atoms with Crippen molar-refractivity contribution < 1.29 is 4.92 Å². The van der Waals surface area contributed by atoms with Gasteiger partial charge in [-0.05, 0) is 19.8 Å². The Balaban J connectivity index is 2.20. The lowest BCUT2D eigenvalue weighted by Gasteiger charge is -2.13. The third kappa shape index (κ3) is 2.33. The molecule has 0 radical (unpaired) electrons. The topological polar surface area (TPSA) is 55.2 Å². The number of para-hydroxylation sites is 1. The fourth-order valence-corrected chi connectivity index (χ4v) is 1.71. The van der Waals surface area contributed by atoms with Crippen LogP contribution in [0.1, 0.15) is 31.4 Å². The molecule has 1 aromatic rings. The third-order valence-corrected chi connectivity index (χ3v) is 2.66. The van der Waals surface area contributed by atoms with Crippen molar-refractivity contribution in [1.82, 2.24) is 5.32 Å². The van der Waals surface area contributed by atoms with Crippen LogP contribution in [-0.2, 0) is 0 Å². The molecule has 4 heteroatoms. The van der Waals surface area contributed by atoms with Crippen LogP contribution in [-0.4, -0.2) is 11.0 Å². The number of nitrogens with one attached hydrogen (secondary N) is 1. The van der Waals surface area contributed by atoms with Crippen molar-refractivity contribution in [3.05, 3.63) is 39.9 Å². The Morgan fingerprint density at radius 3 is 2.73 bits per heavy atom. The van der Waals surface area contributed by atoms with Crippen LogP contribution in [0.15, 0.2) is 24.3 Å². The monoisotopic (exact) mass is 206 g/mol. The minimum Gasteiger partial charge on any atom is -0.307 e. The molecule has 4 nitrogen and oxygen atoms in total. The summed E-state index contributed by atoms with van der Waals surface area (Å²) in [6.07, 6.45) is 2.37. The molecular formula is C11H14N2O2. The molecule has 1 N–H and O–H groups in total. The van der Waals surface area contributed by atoms with Crippen LogP contribution < -0.4 is 5.32 Å². The summed E-state index contributed by atoms with van der Waals surface area (Å²) in [4.78, 5) is 10.5. The number of nitro benzene ring substituents is 1. The Morgan fingerprint density at radius 2 is 2.13 bits per heavy atom. The molecule has 0 aliphatic heterocycles. The molecule has 0 bridgehead atoms. The van der Waals surface area contributed by atoms with Gasteiger partial charge in [-0.15, -0.1) is 0 Å². The normalized spacial score (nSPS) is 17.4. The van der Waals surface area contributed by atoms with Gasteiger partial charge >= 0.3 is 0 Å². The van der Waals surface area contributed by atoms with E-state index in [1.165, 1.54) is 12.8 Å². The molecular weight excluding hydrogens is 192 g/mol. The van der Waals surface area contributed by atoms with Gasteiger partial charge in [0.2, 0.25) is 0 Å². The summed E-state index contributed by atoms with van der Waals surface area (Å²) in [5.41, 5.74) is 0.979. The van der Waals surface area contributed by atoms with Crippen molar-refractivity contribution in [2.75, 3.05) is 0 Å². The standard InChI is InChI=1S/C11H14N2O2/c1-8(12-9-6-7-9)10-4-2-3-5-11(10)13(14)15/h2-5,8-9,12H,6-7H2,1H3/t8-/m0/s1. The molecule has 1 atom stereocenters. The maximum absolute atomic E-state index is 10.8. The average molecular weight is 206 g/mol. The average Bonchev–Trinajstić information content (AvgIpc) is 3.01. The molecule has 1 aromatic carbocycles. The number of benzene rings is 1. The molecule has 80 valence electrons. The molecule has 0 saturated heterocycles. The number of nitrogens with zero attached hydrogens (tertiary/aromatic N) is 1. The first-order chi connectivity index (χ1) is 7.18. The smallest absolute Gasteiger partial charge is 0.274 e. The van der Waals surface area contributed by atoms with Gasteiger partial charge in [-0.1, -0.05) is 18.2 Å². The summed E-state index contributed by atoms with van der Waals surface area (Å²) in [7, 11) is 0. The highest BCUT2D eigenvalue weighted by Crippen LogP contribution is 2.28. The van der Waals surface area contributed by atoms with E-state index >= 15 is 0 Å². The van der Waals surface area contributed by atoms with E-state index in [0.717, 1.165) is 5.56 Å². The van der Waals surface area contributed by atoms with Gasteiger partial charge in [0.05, 0.1) is 4.92 Å². The first-order valence-corrected chi connectivity index (χ1v) is 5.18. The zero-order valence-corrected chi connectivity index (χ0v) is 8.64. The lowest BCUT2D eigenvalue weighted by molar-refractivity contribution is -0.385. The first-order valence-electron chi connectivity index (χ1n) is 5.18. The molecule has 1 aliphatic carbocycles. The largest absolute Gasteiger partial charge is 0.307 e. The van der Waals surface area contributed by atoms with Gasteiger partial charge in [0, 0.05) is 23.7 Å². The summed E-state index contributed by atoms with van der Waals surface area (Å²) < 4.78 is 0. The molecule has 1 fully saturated rings. The summed E-state index contributed by atoms with van der Waals surface area (Å²) >= 11 is 0. The van der Waals surface area contributed by atoms with E-state index in [2.05, 4.69) is 5.32 Å². The molecule has 0 aromatic heterocycles. The Morgan fingerprint density at radius 1 is 1.47 bits per heavy atom. The van der Waals surface area contributed by atoms with Crippen molar-refractivity contribution in [2.45, 2.75) is 31.8 Å². The van der Waals surface area contributed by atoms with E-state index in [-0.39, 0.29) is 16.7 Å². The quantitative estimate of drug-likeness (QED) is 0.608. The van der Waals surface area contributed by atoms with Crippen LogP contribution in [0.5, 0.6) is 0 Å². The van der Waals surface area contributed by atoms with E-state index in [0.29, 0.717) is 6.04 Å². The van der Waals surface area contributed by atoms with E-state index in [4.69, 9.17) is 0 Å². The van der Waals surface area contributed by atoms with Crippen LogP contribution in [0.2, 0.25) is 0 Å². The third-order valence-electron chi connectivity index (χ3n) is 2.66. The molecule has 0 spiro atoms. The number of rotatable bonds is 4. The van der Waals surface area contributed by atoms with Gasteiger partial charge in [0.15, 0.2) is 0 Å². The lowest BCUT2D eigenvalue weighted by Crippen LogP contribution is -2.21. The second kappa shape index (κ2) is 3.98. The minimum atomic E-state index is -0.319. The molecule has 2 rings (SSSR count). The first kappa shape index (κ1) is 10.1. The van der Waals surface area contributed by atoms with Crippen LogP contribution in [0.4, 0.5) is 5.69 Å². The van der Waals surface area contributed by atoms with Gasteiger partial charge in [0.25, 0.3) is 5.69 Å². The Bertz CT molecular complexity index is 375. The van der Waals surface area contributed by atoms with Crippen molar-refractivity contribution in [3.63, 3.8) is 0 Å². The fourth-order valence-electron chi connectivity index (χ4n) is 1.71. The van der Waals surface area contributed by atoms with E-state index in [9.17, 15) is 10.1 Å². The zero-order valence-electron chi connectivity index (χ0n) is 8.64. The van der Waals surface area contributed by atoms with Gasteiger partial charge in [-0.2, -0.15) is 0 Å². The Hall–Kier alpha value is -1.42. The van der Waals surface area contributed by atoms with Crippen molar-refractivity contribution in [1.29, 1.82) is 0 Å². The SMILES string of the molecule is C[C@H](NC1CC1)c1ccccc1[N+](=O)[O-]. The highest BCUT2D eigenvalue weighted by Gasteiger charge is 2.26. The van der Waals surface area contributed by atoms with Crippen LogP contribution in [0, 0.1) is 10.1 Å². The van der Waals surface area contributed by atoms with Crippen LogP contribution in [0.25, 0.3) is 0 Å². The predicted octanol–water partition coefficient (Wildman–Crippen LogP) is 2.41. The molecule has 0 amide bonds. The lowest BCUT2D eigenvalue weighted by atomic mass is 10.1. The van der Waals surface area contributed by atoms with Crippen molar-refractivity contribution in [3.8, 4) is 0 Å². The van der Waals surface area contributed by atoms with Crippen LogP contribution >= 0.6 is 0 Å². The zero-order chi connectivity index (χ0) is 10.8. The molecule has 1 aliphatic rings. The second-order valence-electron chi connectivity index (χ2n) is 3.98. The number of hydrogen-bond donors (Lipinski definition) is 1. The van der Waals surface area contributed by atoms with E-state index < -0.39 is 0 Å². The second-order valence-corrected chi connectivity index (χ2v) is 3.98. The summed E-state index contributed by atoms with van der Waals surface area (Å²) in [5.74, 6) is 0. The predicted molar refractivity (Wildman–Crippen MR) is 57.7 cm³/mol. The van der Waals surface area contributed by atoms with Gasteiger partial charge in [-0.3, -0.25) is 10.1 Å². The highest BCUT2D eigenvalue weighted by molar-refractivity contribution is 5.41. The maximum atomic E-state index is 10.8. The molecule has 0 heterocycles. The summed E-state index contributed by atoms with van der Waals surface area (Å²) in [6, 6.07) is 7.52. The minimum absolute atomic E-state index is 0.0547. The van der Waals surface area contributed by atoms with Crippen molar-refractivity contribution >= 4 is 5.69 Å². The van der Waals surface area contributed by atoms with Gasteiger partial charge in [0.1, 0.15) is 0 Å². The summed E-state index contributed by atoms with van der Waals surface area (Å²) in [5, 5.41) is 14.2.